The molecule has 3 aromatic rings. The lowest BCUT2D eigenvalue weighted by molar-refractivity contribution is 0.143. The summed E-state index contributed by atoms with van der Waals surface area (Å²) in [4.78, 5) is 4.35. The minimum atomic E-state index is -2.66. The van der Waals surface area contributed by atoms with Gasteiger partial charge in [0.2, 0.25) is 0 Å². The SMILES string of the molecule is Cc1cc2nc(-c3ccc(Cl)c(Cl)c3)cc(C(F)F)n2n1. The number of halogens is 4. The minimum absolute atomic E-state index is 0.214. The number of hydrogen-bond acceptors (Lipinski definition) is 2. The number of nitrogens with zero attached hydrogens (tertiary/aromatic N) is 3. The molecular formula is C14H9Cl2F2N3. The lowest BCUT2D eigenvalue weighted by atomic mass is 10.1. The molecule has 0 bridgehead atoms. The Morgan fingerprint density at radius 2 is 1.86 bits per heavy atom. The second-order valence-corrected chi connectivity index (χ2v) is 5.37. The molecule has 0 fully saturated rings. The van der Waals surface area contributed by atoms with Crippen LogP contribution in [0.5, 0.6) is 0 Å². The van der Waals surface area contributed by atoms with Crippen molar-refractivity contribution in [2.24, 2.45) is 0 Å². The maximum atomic E-state index is 13.2. The Morgan fingerprint density at radius 3 is 2.52 bits per heavy atom. The molecule has 0 saturated carbocycles. The molecule has 1 aromatic carbocycles. The van der Waals surface area contributed by atoms with Crippen molar-refractivity contribution in [3.63, 3.8) is 0 Å². The summed E-state index contributed by atoms with van der Waals surface area (Å²) in [5.74, 6) is 0. The molecule has 0 amide bonds. The van der Waals surface area contributed by atoms with Crippen LogP contribution >= 0.6 is 23.2 Å². The van der Waals surface area contributed by atoms with E-state index in [1.54, 1.807) is 31.2 Å². The number of aryl methyl sites for hydroxylation is 1. The molecule has 0 aliphatic heterocycles. The van der Waals surface area contributed by atoms with E-state index in [1.807, 2.05) is 0 Å². The van der Waals surface area contributed by atoms with E-state index in [9.17, 15) is 8.78 Å². The van der Waals surface area contributed by atoms with Crippen molar-refractivity contribution < 1.29 is 8.78 Å². The van der Waals surface area contributed by atoms with Gasteiger partial charge in [0.25, 0.3) is 6.43 Å². The summed E-state index contributed by atoms with van der Waals surface area (Å²) >= 11 is 11.8. The summed E-state index contributed by atoms with van der Waals surface area (Å²) in [5.41, 5.74) is 1.79. The van der Waals surface area contributed by atoms with Gasteiger partial charge in [-0.1, -0.05) is 29.3 Å². The molecule has 2 heterocycles. The largest absolute Gasteiger partial charge is 0.280 e. The standard InChI is InChI=1S/C14H9Cl2F2N3/c1-7-4-13-19-11(6-12(14(17)18)21(13)20-7)8-2-3-9(15)10(16)5-8/h2-6,14H,1H3. The molecule has 3 nitrogen and oxygen atoms in total. The van der Waals surface area contributed by atoms with Crippen LogP contribution in [-0.4, -0.2) is 14.6 Å². The zero-order chi connectivity index (χ0) is 15.1. The fraction of sp³-hybridized carbons (Fsp3) is 0.143. The highest BCUT2D eigenvalue weighted by molar-refractivity contribution is 6.42. The van der Waals surface area contributed by atoms with Gasteiger partial charge in [0.05, 0.1) is 21.4 Å². The summed E-state index contributed by atoms with van der Waals surface area (Å²) in [6.07, 6.45) is -2.66. The first-order chi connectivity index (χ1) is 9.95. The van der Waals surface area contributed by atoms with Crippen molar-refractivity contribution in [3.8, 4) is 11.3 Å². The van der Waals surface area contributed by atoms with E-state index in [4.69, 9.17) is 23.2 Å². The number of alkyl halides is 2. The highest BCUT2D eigenvalue weighted by Crippen LogP contribution is 2.30. The predicted molar refractivity (Wildman–Crippen MR) is 78.1 cm³/mol. The van der Waals surface area contributed by atoms with Crippen molar-refractivity contribution in [1.82, 2.24) is 14.6 Å². The normalized spacial score (nSPS) is 11.5. The van der Waals surface area contributed by atoms with Crippen LogP contribution in [0.2, 0.25) is 10.0 Å². The Bertz CT molecular complexity index is 830. The number of benzene rings is 1. The van der Waals surface area contributed by atoms with E-state index >= 15 is 0 Å². The van der Waals surface area contributed by atoms with Crippen LogP contribution in [0.25, 0.3) is 16.9 Å². The van der Waals surface area contributed by atoms with Gasteiger partial charge in [0, 0.05) is 11.6 Å². The lowest BCUT2D eigenvalue weighted by Crippen LogP contribution is -2.02. The van der Waals surface area contributed by atoms with Gasteiger partial charge in [-0.2, -0.15) is 5.10 Å². The highest BCUT2D eigenvalue weighted by atomic mass is 35.5. The van der Waals surface area contributed by atoms with E-state index in [2.05, 4.69) is 10.1 Å². The molecule has 2 aromatic heterocycles. The van der Waals surface area contributed by atoms with E-state index < -0.39 is 6.43 Å². The summed E-state index contributed by atoms with van der Waals surface area (Å²) in [6, 6.07) is 7.85. The molecule has 7 heteroatoms. The first-order valence-corrected chi connectivity index (χ1v) is 6.82. The fourth-order valence-corrected chi connectivity index (χ4v) is 2.37. The van der Waals surface area contributed by atoms with Crippen LogP contribution < -0.4 is 0 Å². The zero-order valence-corrected chi connectivity index (χ0v) is 12.3. The number of rotatable bonds is 2. The monoisotopic (exact) mass is 327 g/mol. The van der Waals surface area contributed by atoms with Crippen LogP contribution in [0, 0.1) is 6.92 Å². The Balaban J connectivity index is 2.25. The van der Waals surface area contributed by atoms with Crippen LogP contribution in [-0.2, 0) is 0 Å². The van der Waals surface area contributed by atoms with Crippen LogP contribution in [0.3, 0.4) is 0 Å². The molecule has 3 rings (SSSR count). The molecule has 0 aliphatic carbocycles. The molecule has 21 heavy (non-hydrogen) atoms. The molecule has 0 N–H and O–H groups in total. The van der Waals surface area contributed by atoms with Crippen LogP contribution in [0.1, 0.15) is 17.8 Å². The highest BCUT2D eigenvalue weighted by Gasteiger charge is 2.17. The minimum Gasteiger partial charge on any atom is -0.229 e. The Hall–Kier alpha value is -1.72. The van der Waals surface area contributed by atoms with E-state index in [0.29, 0.717) is 32.6 Å². The molecule has 0 spiro atoms. The van der Waals surface area contributed by atoms with Crippen molar-refractivity contribution in [1.29, 1.82) is 0 Å². The number of fused-ring (bicyclic) bond motifs is 1. The molecule has 0 unspecified atom stereocenters. The van der Waals surface area contributed by atoms with Crippen LogP contribution in [0.4, 0.5) is 8.78 Å². The third kappa shape index (κ3) is 2.59. The number of aromatic nitrogens is 3. The van der Waals surface area contributed by atoms with Gasteiger partial charge < -0.3 is 0 Å². The summed E-state index contributed by atoms with van der Waals surface area (Å²) < 4.78 is 27.6. The molecule has 0 saturated heterocycles. The third-order valence-electron chi connectivity index (χ3n) is 3.02. The maximum absolute atomic E-state index is 13.2. The summed E-state index contributed by atoms with van der Waals surface area (Å²) in [5, 5.41) is 4.77. The van der Waals surface area contributed by atoms with Gasteiger partial charge in [-0.3, -0.25) is 0 Å². The molecular weight excluding hydrogens is 319 g/mol. The fourth-order valence-electron chi connectivity index (χ4n) is 2.07. The smallest absolute Gasteiger partial charge is 0.229 e. The van der Waals surface area contributed by atoms with Gasteiger partial charge in [-0.05, 0) is 25.1 Å². The Morgan fingerprint density at radius 1 is 1.10 bits per heavy atom. The average Bonchev–Trinajstić information content (AvgIpc) is 2.80. The zero-order valence-electron chi connectivity index (χ0n) is 10.8. The second-order valence-electron chi connectivity index (χ2n) is 4.55. The van der Waals surface area contributed by atoms with E-state index in [0.717, 1.165) is 4.52 Å². The maximum Gasteiger partial charge on any atom is 0.280 e. The van der Waals surface area contributed by atoms with E-state index in [-0.39, 0.29) is 5.69 Å². The predicted octanol–water partition coefficient (Wildman–Crippen LogP) is 4.95. The Labute approximate surface area is 129 Å². The quantitative estimate of drug-likeness (QED) is 0.666. The van der Waals surface area contributed by atoms with Crippen molar-refractivity contribution >= 4 is 28.8 Å². The first kappa shape index (κ1) is 14.2. The van der Waals surface area contributed by atoms with Gasteiger partial charge in [0.15, 0.2) is 5.65 Å². The number of hydrogen-bond donors (Lipinski definition) is 0. The molecule has 0 radical (unpaired) electrons. The first-order valence-electron chi connectivity index (χ1n) is 6.06. The van der Waals surface area contributed by atoms with Crippen molar-refractivity contribution in [3.05, 3.63) is 51.8 Å². The van der Waals surface area contributed by atoms with Gasteiger partial charge >= 0.3 is 0 Å². The van der Waals surface area contributed by atoms with E-state index in [1.165, 1.54) is 6.07 Å². The molecule has 108 valence electrons. The molecule has 0 atom stereocenters. The lowest BCUT2D eigenvalue weighted by Gasteiger charge is -2.08. The Kier molecular flexibility index (Phi) is 3.55. The molecule has 0 aliphatic rings. The topological polar surface area (TPSA) is 30.2 Å². The van der Waals surface area contributed by atoms with Crippen molar-refractivity contribution in [2.45, 2.75) is 13.3 Å². The van der Waals surface area contributed by atoms with Gasteiger partial charge in [-0.15, -0.1) is 0 Å². The average molecular weight is 328 g/mol. The summed E-state index contributed by atoms with van der Waals surface area (Å²) in [6.45, 7) is 1.72. The summed E-state index contributed by atoms with van der Waals surface area (Å²) in [7, 11) is 0. The van der Waals surface area contributed by atoms with Crippen LogP contribution in [0.15, 0.2) is 30.3 Å². The van der Waals surface area contributed by atoms with Crippen molar-refractivity contribution in [2.75, 3.05) is 0 Å². The second kappa shape index (κ2) is 5.24. The third-order valence-corrected chi connectivity index (χ3v) is 3.75. The van der Waals surface area contributed by atoms with Gasteiger partial charge in [0.1, 0.15) is 5.69 Å². The van der Waals surface area contributed by atoms with Gasteiger partial charge in [-0.25, -0.2) is 18.3 Å².